The maximum absolute atomic E-state index is 12.6. The third-order valence-electron chi connectivity index (χ3n) is 4.07. The van der Waals surface area contributed by atoms with E-state index < -0.39 is 6.61 Å². The lowest BCUT2D eigenvalue weighted by Gasteiger charge is -2.18. The van der Waals surface area contributed by atoms with Crippen LogP contribution in [0.25, 0.3) is 0 Å². The molecule has 1 aromatic rings. The average Bonchev–Trinajstić information content (AvgIpc) is 2.66. The van der Waals surface area contributed by atoms with Crippen LogP contribution in [-0.4, -0.2) is 57.3 Å². The number of aliphatic imine (C=N–C) groups is 1. The Morgan fingerprint density at radius 2 is 1.89 bits per heavy atom. The Hall–Kier alpha value is -1.36. The Balaban J connectivity index is 0.00000729. The molecule has 162 valence electrons. The van der Waals surface area contributed by atoms with Crippen molar-refractivity contribution in [1.29, 1.82) is 0 Å². The van der Waals surface area contributed by atoms with Crippen LogP contribution in [0.15, 0.2) is 23.2 Å². The second-order valence-electron chi connectivity index (χ2n) is 5.85. The van der Waals surface area contributed by atoms with Crippen LogP contribution in [0.5, 0.6) is 11.5 Å². The highest BCUT2D eigenvalue weighted by Crippen LogP contribution is 2.26. The van der Waals surface area contributed by atoms with Crippen molar-refractivity contribution in [2.75, 3.05) is 39.8 Å². The molecule has 2 N–H and O–H groups in total. The summed E-state index contributed by atoms with van der Waals surface area (Å²) in [5.74, 6) is 1.31. The van der Waals surface area contributed by atoms with Crippen molar-refractivity contribution in [3.05, 3.63) is 23.8 Å². The van der Waals surface area contributed by atoms with E-state index in [-0.39, 0.29) is 36.3 Å². The second-order valence-corrected chi connectivity index (χ2v) is 5.85. The normalized spacial score (nSPS) is 11.4. The van der Waals surface area contributed by atoms with Gasteiger partial charge in [0, 0.05) is 18.7 Å². The summed E-state index contributed by atoms with van der Waals surface area (Å²) in [6, 6.07) is 4.72. The molecule has 6 nitrogen and oxygen atoms in total. The molecular weight excluding hydrogens is 481 g/mol. The predicted molar refractivity (Wildman–Crippen MR) is 120 cm³/mol. The molecular formula is C19H33F2IN4O2. The number of nitrogens with zero attached hydrogens (tertiary/aromatic N) is 2. The van der Waals surface area contributed by atoms with E-state index in [9.17, 15) is 8.78 Å². The zero-order chi connectivity index (χ0) is 20.1. The first-order valence-electron chi connectivity index (χ1n) is 9.40. The largest absolute Gasteiger partial charge is 0.497 e. The number of hydrogen-bond donors (Lipinski definition) is 2. The van der Waals surface area contributed by atoms with Crippen LogP contribution in [0.3, 0.4) is 0 Å². The SMILES string of the molecule is CCNC(=NCc1cc(OC)ccc1OC(F)F)NCCCN(CC)CC.I. The highest BCUT2D eigenvalue weighted by molar-refractivity contribution is 14.0. The van der Waals surface area contributed by atoms with Crippen LogP contribution < -0.4 is 20.1 Å². The van der Waals surface area contributed by atoms with E-state index >= 15 is 0 Å². The third kappa shape index (κ3) is 10.3. The third-order valence-corrected chi connectivity index (χ3v) is 4.07. The number of ether oxygens (including phenoxy) is 2. The van der Waals surface area contributed by atoms with E-state index in [1.807, 2.05) is 6.92 Å². The molecule has 1 rings (SSSR count). The van der Waals surface area contributed by atoms with Gasteiger partial charge in [-0.05, 0) is 51.2 Å². The first-order chi connectivity index (χ1) is 13.0. The molecule has 0 aromatic heterocycles. The molecule has 0 saturated carbocycles. The molecule has 0 unspecified atom stereocenters. The number of alkyl halides is 2. The molecule has 0 aliphatic rings. The van der Waals surface area contributed by atoms with Gasteiger partial charge in [-0.15, -0.1) is 24.0 Å². The fourth-order valence-electron chi connectivity index (χ4n) is 2.57. The minimum atomic E-state index is -2.88. The number of guanidine groups is 1. The van der Waals surface area contributed by atoms with Crippen molar-refractivity contribution in [2.24, 2.45) is 4.99 Å². The summed E-state index contributed by atoms with van der Waals surface area (Å²) >= 11 is 0. The molecule has 1 aromatic carbocycles. The highest BCUT2D eigenvalue weighted by atomic mass is 127. The number of benzene rings is 1. The summed E-state index contributed by atoms with van der Waals surface area (Å²) in [5, 5.41) is 6.44. The van der Waals surface area contributed by atoms with E-state index in [2.05, 4.69) is 39.1 Å². The van der Waals surface area contributed by atoms with Crippen LogP contribution in [0.1, 0.15) is 32.8 Å². The summed E-state index contributed by atoms with van der Waals surface area (Å²) in [5.41, 5.74) is 0.537. The fourth-order valence-corrected chi connectivity index (χ4v) is 2.57. The lowest BCUT2D eigenvalue weighted by atomic mass is 10.2. The van der Waals surface area contributed by atoms with Gasteiger partial charge >= 0.3 is 6.61 Å². The van der Waals surface area contributed by atoms with E-state index in [1.165, 1.54) is 13.2 Å². The van der Waals surface area contributed by atoms with Gasteiger partial charge in [0.15, 0.2) is 5.96 Å². The molecule has 0 saturated heterocycles. The molecule has 9 heteroatoms. The van der Waals surface area contributed by atoms with E-state index in [0.29, 0.717) is 23.8 Å². The van der Waals surface area contributed by atoms with Crippen LogP contribution in [0.4, 0.5) is 8.78 Å². The number of rotatable bonds is 12. The van der Waals surface area contributed by atoms with Crippen molar-refractivity contribution in [3.63, 3.8) is 0 Å². The van der Waals surface area contributed by atoms with Crippen LogP contribution in [0, 0.1) is 0 Å². The zero-order valence-electron chi connectivity index (χ0n) is 17.1. The Morgan fingerprint density at radius 1 is 1.18 bits per heavy atom. The van der Waals surface area contributed by atoms with Gasteiger partial charge in [0.25, 0.3) is 0 Å². The molecule has 0 fully saturated rings. The smallest absolute Gasteiger partial charge is 0.387 e. The summed E-state index contributed by atoms with van der Waals surface area (Å²) in [6.07, 6.45) is 0.991. The monoisotopic (exact) mass is 514 g/mol. The van der Waals surface area contributed by atoms with Crippen molar-refractivity contribution in [2.45, 2.75) is 40.3 Å². The van der Waals surface area contributed by atoms with Crippen LogP contribution in [0.2, 0.25) is 0 Å². The Kier molecular flexibility index (Phi) is 14.8. The minimum Gasteiger partial charge on any atom is -0.497 e. The van der Waals surface area contributed by atoms with Gasteiger partial charge < -0.3 is 25.0 Å². The summed E-state index contributed by atoms with van der Waals surface area (Å²) in [6.45, 7) is 8.16. The lowest BCUT2D eigenvalue weighted by Crippen LogP contribution is -2.38. The number of nitrogens with one attached hydrogen (secondary N) is 2. The molecule has 0 heterocycles. The first-order valence-corrected chi connectivity index (χ1v) is 9.40. The zero-order valence-corrected chi connectivity index (χ0v) is 19.5. The molecule has 0 atom stereocenters. The second kappa shape index (κ2) is 15.5. The fraction of sp³-hybridized carbons (Fsp3) is 0.632. The van der Waals surface area contributed by atoms with Crippen LogP contribution in [-0.2, 0) is 6.54 Å². The topological polar surface area (TPSA) is 58.1 Å². The number of halogens is 3. The molecule has 0 aliphatic heterocycles. The predicted octanol–water partition coefficient (Wildman–Crippen LogP) is 3.70. The molecule has 0 amide bonds. The van der Waals surface area contributed by atoms with E-state index in [4.69, 9.17) is 4.74 Å². The molecule has 0 bridgehead atoms. The van der Waals surface area contributed by atoms with E-state index in [0.717, 1.165) is 32.6 Å². The molecule has 0 spiro atoms. The quantitative estimate of drug-likeness (QED) is 0.193. The van der Waals surface area contributed by atoms with Crippen LogP contribution >= 0.6 is 24.0 Å². The van der Waals surface area contributed by atoms with E-state index in [1.54, 1.807) is 12.1 Å². The van der Waals surface area contributed by atoms with Gasteiger partial charge in [-0.2, -0.15) is 8.78 Å². The molecule has 0 radical (unpaired) electrons. The molecule has 28 heavy (non-hydrogen) atoms. The Morgan fingerprint density at radius 3 is 2.46 bits per heavy atom. The minimum absolute atomic E-state index is 0. The van der Waals surface area contributed by atoms with Crippen molar-refractivity contribution in [3.8, 4) is 11.5 Å². The maximum Gasteiger partial charge on any atom is 0.387 e. The average molecular weight is 514 g/mol. The van der Waals surface area contributed by atoms with Gasteiger partial charge in [0.1, 0.15) is 11.5 Å². The Labute approximate surface area is 184 Å². The van der Waals surface area contributed by atoms with Gasteiger partial charge in [-0.1, -0.05) is 13.8 Å². The van der Waals surface area contributed by atoms with Crippen molar-refractivity contribution in [1.82, 2.24) is 15.5 Å². The highest BCUT2D eigenvalue weighted by Gasteiger charge is 2.11. The van der Waals surface area contributed by atoms with Gasteiger partial charge in [-0.25, -0.2) is 4.99 Å². The first kappa shape index (κ1) is 26.6. The summed E-state index contributed by atoms with van der Waals surface area (Å²) < 4.78 is 35.0. The Bertz CT molecular complexity index is 573. The van der Waals surface area contributed by atoms with Crippen molar-refractivity contribution < 1.29 is 18.3 Å². The summed E-state index contributed by atoms with van der Waals surface area (Å²) in [7, 11) is 1.53. The van der Waals surface area contributed by atoms with Gasteiger partial charge in [0.2, 0.25) is 0 Å². The lowest BCUT2D eigenvalue weighted by molar-refractivity contribution is -0.0504. The standard InChI is InChI=1S/C19H32F2N4O2.HI/c1-5-22-19(23-11-8-12-25(6-2)7-3)24-14-15-13-16(26-4)9-10-17(15)27-18(20)21;/h9-10,13,18H,5-8,11-12,14H2,1-4H3,(H2,22,23,24);1H. The maximum atomic E-state index is 12.6. The number of methoxy groups -OCH3 is 1. The number of hydrogen-bond acceptors (Lipinski definition) is 4. The van der Waals surface area contributed by atoms with Gasteiger partial charge in [-0.3, -0.25) is 0 Å². The van der Waals surface area contributed by atoms with Gasteiger partial charge in [0.05, 0.1) is 13.7 Å². The van der Waals surface area contributed by atoms with Crippen molar-refractivity contribution >= 4 is 29.9 Å². The summed E-state index contributed by atoms with van der Waals surface area (Å²) in [4.78, 5) is 6.84. The molecule has 0 aliphatic carbocycles.